The fraction of sp³-hybridized carbons (Fsp3) is 0.296. The van der Waals surface area contributed by atoms with Crippen LogP contribution in [0.5, 0.6) is 0 Å². The Balaban J connectivity index is 1.62. The molecular formula is C27H27N3O3S. The molecule has 1 aromatic heterocycles. The molecule has 1 aliphatic rings. The van der Waals surface area contributed by atoms with Gasteiger partial charge in [0, 0.05) is 19.6 Å². The predicted octanol–water partition coefficient (Wildman–Crippen LogP) is 4.30. The monoisotopic (exact) mass is 473 g/mol. The van der Waals surface area contributed by atoms with Crippen LogP contribution in [0.15, 0.2) is 70.6 Å². The summed E-state index contributed by atoms with van der Waals surface area (Å²) in [5.41, 5.74) is 2.45. The van der Waals surface area contributed by atoms with Crippen molar-refractivity contribution in [3.05, 3.63) is 82.1 Å². The largest absolute Gasteiger partial charge is 0.391 e. The third kappa shape index (κ3) is 4.21. The van der Waals surface area contributed by atoms with Crippen molar-refractivity contribution in [2.24, 2.45) is 0 Å². The van der Waals surface area contributed by atoms with Gasteiger partial charge in [0.2, 0.25) is 5.91 Å². The second-order valence-corrected chi connectivity index (χ2v) is 9.87. The number of hydrogen-bond acceptors (Lipinski definition) is 5. The van der Waals surface area contributed by atoms with Gasteiger partial charge in [0.1, 0.15) is 5.25 Å². The average Bonchev–Trinajstić information content (AvgIpc) is 3.27. The van der Waals surface area contributed by atoms with Crippen molar-refractivity contribution in [2.45, 2.75) is 43.3 Å². The summed E-state index contributed by atoms with van der Waals surface area (Å²) in [5.74, 6) is -0.0670. The van der Waals surface area contributed by atoms with Gasteiger partial charge in [-0.3, -0.25) is 14.2 Å². The number of aromatic nitrogens is 2. The molecule has 1 amide bonds. The Hall–Kier alpha value is -3.16. The lowest BCUT2D eigenvalue weighted by Gasteiger charge is -2.24. The van der Waals surface area contributed by atoms with Gasteiger partial charge in [-0.1, -0.05) is 65.9 Å². The van der Waals surface area contributed by atoms with E-state index in [1.807, 2.05) is 74.5 Å². The highest BCUT2D eigenvalue weighted by molar-refractivity contribution is 8.00. The Morgan fingerprint density at radius 2 is 1.91 bits per heavy atom. The summed E-state index contributed by atoms with van der Waals surface area (Å²) in [6, 6.07) is 19.6. The van der Waals surface area contributed by atoms with Crippen LogP contribution >= 0.6 is 11.8 Å². The first-order valence-electron chi connectivity index (χ1n) is 11.6. The van der Waals surface area contributed by atoms with Gasteiger partial charge in [0.15, 0.2) is 5.16 Å². The van der Waals surface area contributed by atoms with E-state index in [0.29, 0.717) is 42.1 Å². The minimum Gasteiger partial charge on any atom is -0.391 e. The topological polar surface area (TPSA) is 75.4 Å². The van der Waals surface area contributed by atoms with Gasteiger partial charge in [-0.15, -0.1) is 0 Å². The van der Waals surface area contributed by atoms with Crippen LogP contribution in [0.2, 0.25) is 0 Å². The molecule has 4 aromatic rings. The number of β-amino-alcohol motifs (C(OH)–C–C–N with tert-alkyl or cyclic N) is 1. The first-order valence-corrected chi connectivity index (χ1v) is 12.5. The lowest BCUT2D eigenvalue weighted by Crippen LogP contribution is -2.33. The maximum Gasteiger partial charge on any atom is 0.262 e. The van der Waals surface area contributed by atoms with Gasteiger partial charge in [-0.05, 0) is 48.7 Å². The third-order valence-electron chi connectivity index (χ3n) is 6.37. The molecule has 174 valence electrons. The zero-order chi connectivity index (χ0) is 23.8. The van der Waals surface area contributed by atoms with Crippen molar-refractivity contribution in [1.29, 1.82) is 0 Å². The molecule has 0 spiro atoms. The molecule has 1 saturated heterocycles. The smallest absolute Gasteiger partial charge is 0.262 e. The van der Waals surface area contributed by atoms with E-state index in [2.05, 4.69) is 0 Å². The highest BCUT2D eigenvalue weighted by Crippen LogP contribution is 2.37. The number of benzene rings is 3. The minimum absolute atomic E-state index is 0.0670. The summed E-state index contributed by atoms with van der Waals surface area (Å²) >= 11 is 1.31. The number of aryl methyl sites for hydroxylation is 1. The van der Waals surface area contributed by atoms with E-state index in [1.165, 1.54) is 11.8 Å². The molecule has 0 saturated carbocycles. The van der Waals surface area contributed by atoms with E-state index in [1.54, 1.807) is 9.47 Å². The number of rotatable bonds is 5. The molecular weight excluding hydrogens is 446 g/mol. The summed E-state index contributed by atoms with van der Waals surface area (Å²) in [4.78, 5) is 33.6. The second-order valence-electron chi connectivity index (χ2n) is 8.80. The van der Waals surface area contributed by atoms with Gasteiger partial charge in [-0.2, -0.15) is 0 Å². The van der Waals surface area contributed by atoms with Crippen LogP contribution in [0.25, 0.3) is 21.7 Å². The standard InChI is InChI=1S/C27H27N3O3S/c1-3-30-25(32)22-14-18-8-4-5-9-19(18)15-23(22)28-27(30)34-24(20-10-6-7-17(2)13-20)26(33)29-12-11-21(31)16-29/h4-10,13-15,21,24,31H,3,11-12,16H2,1-2H3. The number of aliphatic hydroxyl groups excluding tert-OH is 1. The van der Waals surface area contributed by atoms with Crippen molar-refractivity contribution in [3.63, 3.8) is 0 Å². The number of thioether (sulfide) groups is 1. The van der Waals surface area contributed by atoms with Crippen molar-refractivity contribution < 1.29 is 9.90 Å². The molecule has 0 radical (unpaired) electrons. The Labute approximate surface area is 202 Å². The molecule has 1 fully saturated rings. The van der Waals surface area contributed by atoms with Crippen LogP contribution in [0.3, 0.4) is 0 Å². The fourth-order valence-electron chi connectivity index (χ4n) is 4.56. The Bertz CT molecular complexity index is 1450. The molecule has 1 aliphatic heterocycles. The number of nitrogens with zero attached hydrogens (tertiary/aromatic N) is 3. The van der Waals surface area contributed by atoms with Gasteiger partial charge in [0.25, 0.3) is 5.56 Å². The van der Waals surface area contributed by atoms with Crippen molar-refractivity contribution >= 4 is 39.3 Å². The number of likely N-dealkylation sites (tertiary alicyclic amines) is 1. The maximum atomic E-state index is 13.6. The van der Waals surface area contributed by atoms with Crippen molar-refractivity contribution in [3.8, 4) is 0 Å². The van der Waals surface area contributed by atoms with Crippen LogP contribution in [-0.2, 0) is 11.3 Å². The molecule has 2 heterocycles. The number of carbonyl (C=O) groups excluding carboxylic acids is 1. The SMILES string of the molecule is CCn1c(SC(C(=O)N2CCC(O)C2)c2cccc(C)c2)nc2cc3ccccc3cc2c1=O. The van der Waals surface area contributed by atoms with E-state index in [-0.39, 0.29) is 11.5 Å². The van der Waals surface area contributed by atoms with Crippen LogP contribution in [-0.4, -0.2) is 44.7 Å². The zero-order valence-corrected chi connectivity index (χ0v) is 20.1. The molecule has 2 atom stereocenters. The quantitative estimate of drug-likeness (QED) is 0.266. The van der Waals surface area contributed by atoms with Crippen LogP contribution in [0, 0.1) is 6.92 Å². The van der Waals surface area contributed by atoms with E-state index in [9.17, 15) is 14.7 Å². The number of carbonyl (C=O) groups is 1. The van der Waals surface area contributed by atoms with Crippen LogP contribution in [0.1, 0.15) is 29.7 Å². The van der Waals surface area contributed by atoms with Gasteiger partial charge >= 0.3 is 0 Å². The normalized spacial score (nSPS) is 16.9. The molecule has 2 unspecified atom stereocenters. The first-order chi connectivity index (χ1) is 16.4. The highest BCUT2D eigenvalue weighted by atomic mass is 32.2. The summed E-state index contributed by atoms with van der Waals surface area (Å²) in [6.07, 6.45) is 0.0887. The van der Waals surface area contributed by atoms with Crippen molar-refractivity contribution in [2.75, 3.05) is 13.1 Å². The van der Waals surface area contributed by atoms with Crippen LogP contribution in [0.4, 0.5) is 0 Å². The van der Waals surface area contributed by atoms with E-state index in [0.717, 1.165) is 21.9 Å². The number of amides is 1. The highest BCUT2D eigenvalue weighted by Gasteiger charge is 2.33. The van der Waals surface area contributed by atoms with Gasteiger partial charge in [-0.25, -0.2) is 4.98 Å². The number of aliphatic hydroxyl groups is 1. The summed E-state index contributed by atoms with van der Waals surface area (Å²) < 4.78 is 1.65. The minimum atomic E-state index is -0.562. The van der Waals surface area contributed by atoms with E-state index >= 15 is 0 Å². The number of fused-ring (bicyclic) bond motifs is 2. The van der Waals surface area contributed by atoms with E-state index < -0.39 is 11.4 Å². The Morgan fingerprint density at radius 1 is 1.15 bits per heavy atom. The van der Waals surface area contributed by atoms with Gasteiger partial charge < -0.3 is 10.0 Å². The van der Waals surface area contributed by atoms with Crippen LogP contribution < -0.4 is 5.56 Å². The fourth-order valence-corrected chi connectivity index (χ4v) is 5.80. The van der Waals surface area contributed by atoms with E-state index in [4.69, 9.17) is 4.98 Å². The third-order valence-corrected chi connectivity index (χ3v) is 7.60. The van der Waals surface area contributed by atoms with Gasteiger partial charge in [0.05, 0.1) is 17.0 Å². The Morgan fingerprint density at radius 3 is 2.59 bits per heavy atom. The molecule has 5 rings (SSSR count). The summed E-state index contributed by atoms with van der Waals surface area (Å²) in [6.45, 7) is 5.23. The first kappa shape index (κ1) is 22.6. The average molecular weight is 474 g/mol. The molecule has 3 aromatic carbocycles. The second kappa shape index (κ2) is 9.24. The zero-order valence-electron chi connectivity index (χ0n) is 19.3. The molecule has 0 bridgehead atoms. The van der Waals surface area contributed by atoms with Crippen molar-refractivity contribution in [1.82, 2.24) is 14.5 Å². The molecule has 7 heteroatoms. The lowest BCUT2D eigenvalue weighted by molar-refractivity contribution is -0.130. The summed E-state index contributed by atoms with van der Waals surface area (Å²) in [5, 5.41) is 12.6. The lowest BCUT2D eigenvalue weighted by atomic mass is 10.1. The number of hydrogen-bond donors (Lipinski definition) is 1. The molecule has 34 heavy (non-hydrogen) atoms. The molecule has 6 nitrogen and oxygen atoms in total. The molecule has 0 aliphatic carbocycles. The predicted molar refractivity (Wildman–Crippen MR) is 136 cm³/mol. The maximum absolute atomic E-state index is 13.6. The molecule has 1 N–H and O–H groups in total. The Kier molecular flexibility index (Phi) is 6.15. The summed E-state index contributed by atoms with van der Waals surface area (Å²) in [7, 11) is 0.